The molecule has 194 valence electrons. The van der Waals surface area contributed by atoms with E-state index in [0.29, 0.717) is 20.6 Å². The van der Waals surface area contributed by atoms with E-state index in [1.807, 2.05) is 89.1 Å². The molecule has 1 aliphatic rings. The van der Waals surface area contributed by atoms with Gasteiger partial charge in [0.1, 0.15) is 6.04 Å². The fourth-order valence-electron chi connectivity index (χ4n) is 4.59. The third kappa shape index (κ3) is 4.64. The van der Waals surface area contributed by atoms with Gasteiger partial charge in [0.15, 0.2) is 4.80 Å². The fraction of sp³-hybridized carbons (Fsp3) is 0.103. The predicted octanol–water partition coefficient (Wildman–Crippen LogP) is 5.08. The molecule has 0 unspecified atom stereocenters. The van der Waals surface area contributed by atoms with Crippen molar-refractivity contribution in [2.45, 2.75) is 13.0 Å². The van der Waals surface area contributed by atoms with Gasteiger partial charge >= 0.3 is 5.97 Å². The molecule has 2 aromatic carbocycles. The SMILES string of the molecule is COC(=O)C1=C(C)N=c2s/c(=C\c3cn(-c4ccccc4)nc3-c3ccc(Br)cc3)c(=O)n2[C@@H]1c1cccs1. The molecule has 3 aromatic heterocycles. The van der Waals surface area contributed by atoms with Crippen LogP contribution >= 0.6 is 38.6 Å². The van der Waals surface area contributed by atoms with E-state index in [1.165, 1.54) is 29.8 Å². The van der Waals surface area contributed by atoms with Crippen LogP contribution in [0.2, 0.25) is 0 Å². The van der Waals surface area contributed by atoms with Gasteiger partial charge in [-0.15, -0.1) is 11.3 Å². The molecule has 4 heterocycles. The van der Waals surface area contributed by atoms with Gasteiger partial charge in [0.2, 0.25) is 0 Å². The van der Waals surface area contributed by atoms with E-state index in [-0.39, 0.29) is 5.56 Å². The Kier molecular flexibility index (Phi) is 6.76. The largest absolute Gasteiger partial charge is 0.466 e. The van der Waals surface area contributed by atoms with Crippen LogP contribution in [-0.4, -0.2) is 27.4 Å². The number of thiazole rings is 1. The maximum atomic E-state index is 13.9. The summed E-state index contributed by atoms with van der Waals surface area (Å²) in [6.45, 7) is 1.78. The molecule has 0 saturated heterocycles. The van der Waals surface area contributed by atoms with Crippen molar-refractivity contribution in [1.29, 1.82) is 0 Å². The van der Waals surface area contributed by atoms with Gasteiger partial charge in [0.25, 0.3) is 5.56 Å². The summed E-state index contributed by atoms with van der Waals surface area (Å²) >= 11 is 6.28. The summed E-state index contributed by atoms with van der Waals surface area (Å²) < 4.78 is 9.96. The van der Waals surface area contributed by atoms with Crippen molar-refractivity contribution in [3.8, 4) is 16.9 Å². The number of benzene rings is 2. The van der Waals surface area contributed by atoms with Gasteiger partial charge in [-0.05, 0) is 48.7 Å². The van der Waals surface area contributed by atoms with E-state index in [4.69, 9.17) is 9.84 Å². The number of methoxy groups -OCH3 is 1. The molecule has 0 spiro atoms. The van der Waals surface area contributed by atoms with Gasteiger partial charge < -0.3 is 4.74 Å². The Morgan fingerprint density at radius 1 is 1.08 bits per heavy atom. The molecule has 1 atom stereocenters. The molecule has 0 aliphatic carbocycles. The number of ether oxygens (including phenoxy) is 1. The first-order valence-electron chi connectivity index (χ1n) is 12.0. The Bertz CT molecular complexity index is 1900. The molecular formula is C29H21BrN4O3S2. The van der Waals surface area contributed by atoms with Gasteiger partial charge in [-0.1, -0.05) is 63.7 Å². The number of hydrogen-bond donors (Lipinski definition) is 0. The Hall–Kier alpha value is -3.86. The second-order valence-electron chi connectivity index (χ2n) is 8.81. The van der Waals surface area contributed by atoms with Crippen LogP contribution in [0, 0.1) is 0 Å². The van der Waals surface area contributed by atoms with Crippen LogP contribution in [0.15, 0.2) is 104 Å². The summed E-state index contributed by atoms with van der Waals surface area (Å²) in [4.78, 5) is 32.8. The zero-order valence-electron chi connectivity index (χ0n) is 20.9. The third-order valence-corrected chi connectivity index (χ3v) is 8.84. The number of allylic oxidation sites excluding steroid dienone is 1. The van der Waals surface area contributed by atoms with E-state index in [1.54, 1.807) is 11.5 Å². The molecule has 0 radical (unpaired) electrons. The first-order valence-corrected chi connectivity index (χ1v) is 14.5. The number of halogens is 1. The molecule has 0 amide bonds. The van der Waals surface area contributed by atoms with E-state index in [0.717, 1.165) is 31.9 Å². The molecule has 5 aromatic rings. The molecule has 0 saturated carbocycles. The Morgan fingerprint density at radius 2 is 1.85 bits per heavy atom. The van der Waals surface area contributed by atoms with E-state index >= 15 is 0 Å². The summed E-state index contributed by atoms with van der Waals surface area (Å²) in [7, 11) is 1.34. The van der Waals surface area contributed by atoms with Crippen molar-refractivity contribution in [1.82, 2.24) is 14.3 Å². The van der Waals surface area contributed by atoms with Gasteiger partial charge in [-0.2, -0.15) is 5.10 Å². The highest BCUT2D eigenvalue weighted by atomic mass is 79.9. The highest BCUT2D eigenvalue weighted by Crippen LogP contribution is 2.33. The molecule has 1 aliphatic heterocycles. The van der Waals surface area contributed by atoms with Crippen molar-refractivity contribution >= 4 is 50.6 Å². The summed E-state index contributed by atoms with van der Waals surface area (Å²) in [5, 5.41) is 6.81. The Balaban J connectivity index is 1.56. The summed E-state index contributed by atoms with van der Waals surface area (Å²) in [5.41, 5.74) is 4.06. The normalized spacial score (nSPS) is 15.3. The van der Waals surface area contributed by atoms with E-state index < -0.39 is 12.0 Å². The van der Waals surface area contributed by atoms with Crippen LogP contribution in [0.25, 0.3) is 23.0 Å². The lowest BCUT2D eigenvalue weighted by atomic mass is 10.0. The number of carbonyl (C=O) groups is 1. The number of hydrogen-bond acceptors (Lipinski definition) is 7. The number of para-hydroxylation sites is 1. The van der Waals surface area contributed by atoms with Crippen molar-refractivity contribution in [2.75, 3.05) is 7.11 Å². The maximum Gasteiger partial charge on any atom is 0.338 e. The lowest BCUT2D eigenvalue weighted by molar-refractivity contribution is -0.136. The molecule has 7 nitrogen and oxygen atoms in total. The maximum absolute atomic E-state index is 13.9. The number of fused-ring (bicyclic) bond motifs is 1. The van der Waals surface area contributed by atoms with Gasteiger partial charge in [0.05, 0.1) is 34.3 Å². The van der Waals surface area contributed by atoms with Crippen LogP contribution in [0.3, 0.4) is 0 Å². The van der Waals surface area contributed by atoms with Crippen LogP contribution in [0.4, 0.5) is 0 Å². The van der Waals surface area contributed by atoms with Crippen molar-refractivity contribution in [3.63, 3.8) is 0 Å². The molecule has 0 fully saturated rings. The number of nitrogens with zero attached hydrogens (tertiary/aromatic N) is 4. The molecular weight excluding hydrogens is 596 g/mol. The van der Waals surface area contributed by atoms with Crippen LogP contribution in [-0.2, 0) is 9.53 Å². The molecule has 0 N–H and O–H groups in total. The molecule has 0 bridgehead atoms. The van der Waals surface area contributed by atoms with Crippen LogP contribution in [0.1, 0.15) is 23.4 Å². The van der Waals surface area contributed by atoms with E-state index in [2.05, 4.69) is 20.9 Å². The highest BCUT2D eigenvalue weighted by molar-refractivity contribution is 9.10. The average molecular weight is 618 g/mol. The number of esters is 1. The number of aromatic nitrogens is 3. The Labute approximate surface area is 239 Å². The zero-order chi connectivity index (χ0) is 27.1. The zero-order valence-corrected chi connectivity index (χ0v) is 24.1. The molecule has 10 heteroatoms. The standard InChI is InChI=1S/C29H21BrN4O3S2/c1-17-24(28(36)37-2)26(22-9-6-14-38-22)34-27(35)23(39-29(34)31-17)15-19-16-33(21-7-4-3-5-8-21)32-25(19)18-10-12-20(30)13-11-18/h3-16,26H,1-2H3/b23-15-/t26-/m1/s1. The number of carbonyl (C=O) groups excluding carboxylic acids is 1. The summed E-state index contributed by atoms with van der Waals surface area (Å²) in [6.07, 6.45) is 3.78. The summed E-state index contributed by atoms with van der Waals surface area (Å²) in [6, 6.07) is 21.0. The number of thiophene rings is 1. The quantitative estimate of drug-likeness (QED) is 0.258. The lowest BCUT2D eigenvalue weighted by Crippen LogP contribution is -2.39. The molecule has 39 heavy (non-hydrogen) atoms. The average Bonchev–Trinajstić information content (AvgIpc) is 3.69. The smallest absolute Gasteiger partial charge is 0.338 e. The lowest BCUT2D eigenvalue weighted by Gasteiger charge is -2.22. The van der Waals surface area contributed by atoms with Gasteiger partial charge in [-0.25, -0.2) is 14.5 Å². The first-order chi connectivity index (χ1) is 18.9. The monoisotopic (exact) mass is 616 g/mol. The second-order valence-corrected chi connectivity index (χ2v) is 11.7. The van der Waals surface area contributed by atoms with Crippen LogP contribution in [0.5, 0.6) is 0 Å². The molecule has 6 rings (SSSR count). The Morgan fingerprint density at radius 3 is 2.54 bits per heavy atom. The van der Waals surface area contributed by atoms with Crippen molar-refractivity contribution in [3.05, 3.63) is 124 Å². The summed E-state index contributed by atoms with van der Waals surface area (Å²) in [5.74, 6) is -0.495. The predicted molar refractivity (Wildman–Crippen MR) is 157 cm³/mol. The van der Waals surface area contributed by atoms with Gasteiger partial charge in [-0.3, -0.25) is 9.36 Å². The van der Waals surface area contributed by atoms with Crippen molar-refractivity contribution in [2.24, 2.45) is 4.99 Å². The minimum atomic E-state index is -0.603. The highest BCUT2D eigenvalue weighted by Gasteiger charge is 2.33. The van der Waals surface area contributed by atoms with E-state index in [9.17, 15) is 9.59 Å². The van der Waals surface area contributed by atoms with Crippen molar-refractivity contribution < 1.29 is 9.53 Å². The topological polar surface area (TPSA) is 78.5 Å². The third-order valence-electron chi connectivity index (χ3n) is 6.41. The van der Waals surface area contributed by atoms with Gasteiger partial charge in [0, 0.05) is 26.7 Å². The second kappa shape index (κ2) is 10.4. The first kappa shape index (κ1) is 25.4. The number of rotatable bonds is 5. The fourth-order valence-corrected chi connectivity index (χ4v) is 6.71. The van der Waals surface area contributed by atoms with Crippen LogP contribution < -0.4 is 14.9 Å². The minimum Gasteiger partial charge on any atom is -0.466 e. The minimum absolute atomic E-state index is 0.222.